The molecular formula is C11H12Br2O3. The first kappa shape index (κ1) is 13.5. The lowest BCUT2D eigenvalue weighted by molar-refractivity contribution is 0.0599. The van der Waals surface area contributed by atoms with Crippen LogP contribution in [0.15, 0.2) is 16.6 Å². The summed E-state index contributed by atoms with van der Waals surface area (Å²) in [7, 11) is 2.97. The molecule has 0 heterocycles. The summed E-state index contributed by atoms with van der Waals surface area (Å²) in [5.41, 5.74) is 1.47. The highest BCUT2D eigenvalue weighted by Crippen LogP contribution is 2.29. The van der Waals surface area contributed by atoms with Gasteiger partial charge < -0.3 is 9.47 Å². The minimum Gasteiger partial charge on any atom is -0.496 e. The molecule has 0 amide bonds. The van der Waals surface area contributed by atoms with Crippen LogP contribution in [0.2, 0.25) is 0 Å². The van der Waals surface area contributed by atoms with Gasteiger partial charge in [-0.05, 0) is 40.0 Å². The summed E-state index contributed by atoms with van der Waals surface area (Å²) in [4.78, 5) is 11.6. The molecule has 0 bridgehead atoms. The molecule has 0 aliphatic carbocycles. The molecule has 0 spiro atoms. The van der Waals surface area contributed by atoms with Crippen LogP contribution in [0.3, 0.4) is 0 Å². The molecule has 0 saturated heterocycles. The Hall–Kier alpha value is -0.550. The number of carbonyl (C=O) groups excluding carboxylic acids is 1. The van der Waals surface area contributed by atoms with E-state index in [2.05, 4.69) is 31.9 Å². The van der Waals surface area contributed by atoms with E-state index >= 15 is 0 Å². The minimum atomic E-state index is -0.334. The fraction of sp³-hybridized carbons (Fsp3) is 0.364. The second kappa shape index (κ2) is 6.25. The number of aryl methyl sites for hydroxylation is 1. The monoisotopic (exact) mass is 350 g/mol. The van der Waals surface area contributed by atoms with Gasteiger partial charge in [-0.25, -0.2) is 4.79 Å². The SMILES string of the molecule is COC(=O)c1cc(Br)c(OC)cc1CCBr. The molecule has 0 N–H and O–H groups in total. The number of hydrogen-bond donors (Lipinski definition) is 0. The molecule has 0 saturated carbocycles. The number of halogens is 2. The number of ether oxygens (including phenoxy) is 2. The van der Waals surface area contributed by atoms with Gasteiger partial charge in [-0.1, -0.05) is 15.9 Å². The van der Waals surface area contributed by atoms with Crippen molar-refractivity contribution in [1.29, 1.82) is 0 Å². The number of alkyl halides is 1. The average molecular weight is 352 g/mol. The molecule has 3 nitrogen and oxygen atoms in total. The molecule has 0 aliphatic heterocycles. The van der Waals surface area contributed by atoms with Crippen molar-refractivity contribution in [2.24, 2.45) is 0 Å². The van der Waals surface area contributed by atoms with Crippen LogP contribution < -0.4 is 4.74 Å². The molecule has 88 valence electrons. The Balaban J connectivity index is 3.24. The van der Waals surface area contributed by atoms with E-state index in [4.69, 9.17) is 9.47 Å². The van der Waals surface area contributed by atoms with Gasteiger partial charge in [-0.3, -0.25) is 0 Å². The van der Waals surface area contributed by atoms with Gasteiger partial charge in [0.1, 0.15) is 5.75 Å². The van der Waals surface area contributed by atoms with E-state index in [-0.39, 0.29) is 5.97 Å². The summed E-state index contributed by atoms with van der Waals surface area (Å²) in [6.07, 6.45) is 0.744. The fourth-order valence-electron chi connectivity index (χ4n) is 1.36. The van der Waals surface area contributed by atoms with Crippen LogP contribution in [-0.4, -0.2) is 25.5 Å². The van der Waals surface area contributed by atoms with Crippen molar-refractivity contribution in [3.05, 3.63) is 27.7 Å². The van der Waals surface area contributed by atoms with Gasteiger partial charge in [0.25, 0.3) is 0 Å². The Morgan fingerprint density at radius 2 is 2.06 bits per heavy atom. The number of rotatable bonds is 4. The minimum absolute atomic E-state index is 0.334. The Morgan fingerprint density at radius 3 is 2.56 bits per heavy atom. The second-order valence-electron chi connectivity index (χ2n) is 3.07. The number of benzene rings is 1. The quantitative estimate of drug-likeness (QED) is 0.617. The van der Waals surface area contributed by atoms with E-state index in [1.54, 1.807) is 13.2 Å². The maximum absolute atomic E-state index is 11.6. The standard InChI is InChI=1S/C11H12Br2O3/c1-15-10-5-7(3-4-12)8(6-9(10)13)11(14)16-2/h5-6H,3-4H2,1-2H3. The van der Waals surface area contributed by atoms with Crippen molar-refractivity contribution >= 4 is 37.8 Å². The lowest BCUT2D eigenvalue weighted by Crippen LogP contribution is -2.07. The van der Waals surface area contributed by atoms with Crippen LogP contribution >= 0.6 is 31.9 Å². The first-order valence-corrected chi connectivity index (χ1v) is 6.56. The fourth-order valence-corrected chi connectivity index (χ4v) is 2.29. The zero-order valence-electron chi connectivity index (χ0n) is 9.05. The second-order valence-corrected chi connectivity index (χ2v) is 4.72. The Bertz CT molecular complexity index is 391. The van der Waals surface area contributed by atoms with Gasteiger partial charge in [0, 0.05) is 5.33 Å². The summed E-state index contributed by atoms with van der Waals surface area (Å²) >= 11 is 6.70. The third kappa shape index (κ3) is 2.98. The molecule has 0 atom stereocenters. The third-order valence-corrected chi connectivity index (χ3v) is 3.16. The Morgan fingerprint density at radius 1 is 1.38 bits per heavy atom. The molecule has 16 heavy (non-hydrogen) atoms. The molecule has 1 rings (SSSR count). The summed E-state index contributed by atoms with van der Waals surface area (Å²) < 4.78 is 10.7. The Kier molecular flexibility index (Phi) is 5.28. The highest BCUT2D eigenvalue weighted by molar-refractivity contribution is 9.10. The van der Waals surface area contributed by atoms with Crippen LogP contribution in [-0.2, 0) is 11.2 Å². The topological polar surface area (TPSA) is 35.5 Å². The zero-order chi connectivity index (χ0) is 12.1. The normalized spacial score (nSPS) is 10.0. The molecular weight excluding hydrogens is 340 g/mol. The van der Waals surface area contributed by atoms with E-state index in [0.29, 0.717) is 11.3 Å². The predicted molar refractivity (Wildman–Crippen MR) is 69.5 cm³/mol. The molecule has 1 aromatic carbocycles. The van der Waals surface area contributed by atoms with Crippen molar-refractivity contribution in [1.82, 2.24) is 0 Å². The molecule has 5 heteroatoms. The van der Waals surface area contributed by atoms with Crippen LogP contribution in [0.25, 0.3) is 0 Å². The van der Waals surface area contributed by atoms with Crippen molar-refractivity contribution in [3.8, 4) is 5.75 Å². The van der Waals surface area contributed by atoms with Crippen LogP contribution in [0, 0.1) is 0 Å². The largest absolute Gasteiger partial charge is 0.496 e. The van der Waals surface area contributed by atoms with Gasteiger partial charge in [0.15, 0.2) is 0 Å². The first-order chi connectivity index (χ1) is 7.63. The zero-order valence-corrected chi connectivity index (χ0v) is 12.2. The average Bonchev–Trinajstić information content (AvgIpc) is 2.30. The predicted octanol–water partition coefficient (Wildman–Crippen LogP) is 3.18. The number of carbonyl (C=O) groups is 1. The van der Waals surface area contributed by atoms with Gasteiger partial charge >= 0.3 is 5.97 Å². The van der Waals surface area contributed by atoms with E-state index in [1.807, 2.05) is 6.07 Å². The van der Waals surface area contributed by atoms with Gasteiger partial charge in [0.05, 0.1) is 24.3 Å². The molecule has 1 aromatic rings. The van der Waals surface area contributed by atoms with E-state index in [1.165, 1.54) is 7.11 Å². The summed E-state index contributed by atoms with van der Waals surface area (Å²) in [5.74, 6) is 0.378. The Labute approximate surface area is 111 Å². The number of hydrogen-bond acceptors (Lipinski definition) is 3. The lowest BCUT2D eigenvalue weighted by Gasteiger charge is -2.10. The van der Waals surface area contributed by atoms with Crippen molar-refractivity contribution in [2.75, 3.05) is 19.5 Å². The molecule has 0 fully saturated rings. The maximum Gasteiger partial charge on any atom is 0.338 e. The highest BCUT2D eigenvalue weighted by atomic mass is 79.9. The van der Waals surface area contributed by atoms with Gasteiger partial charge in [-0.2, -0.15) is 0 Å². The van der Waals surface area contributed by atoms with Gasteiger partial charge in [0.2, 0.25) is 0 Å². The van der Waals surface area contributed by atoms with Crippen LogP contribution in [0.4, 0.5) is 0 Å². The first-order valence-electron chi connectivity index (χ1n) is 4.64. The smallest absolute Gasteiger partial charge is 0.338 e. The third-order valence-electron chi connectivity index (χ3n) is 2.15. The number of esters is 1. The summed E-state index contributed by atoms with van der Waals surface area (Å²) in [6.45, 7) is 0. The van der Waals surface area contributed by atoms with E-state index in [0.717, 1.165) is 21.8 Å². The molecule has 0 aliphatic rings. The van der Waals surface area contributed by atoms with Crippen molar-refractivity contribution in [2.45, 2.75) is 6.42 Å². The molecule has 0 aromatic heterocycles. The maximum atomic E-state index is 11.6. The van der Waals surface area contributed by atoms with E-state index < -0.39 is 0 Å². The van der Waals surface area contributed by atoms with Crippen LogP contribution in [0.5, 0.6) is 5.75 Å². The highest BCUT2D eigenvalue weighted by Gasteiger charge is 2.15. The van der Waals surface area contributed by atoms with Crippen LogP contribution in [0.1, 0.15) is 15.9 Å². The lowest BCUT2D eigenvalue weighted by atomic mass is 10.1. The van der Waals surface area contributed by atoms with E-state index in [9.17, 15) is 4.79 Å². The summed E-state index contributed by atoms with van der Waals surface area (Å²) in [6, 6.07) is 3.57. The van der Waals surface area contributed by atoms with Crippen molar-refractivity contribution < 1.29 is 14.3 Å². The molecule has 0 unspecified atom stereocenters. The van der Waals surface area contributed by atoms with Crippen molar-refractivity contribution in [3.63, 3.8) is 0 Å². The number of methoxy groups -OCH3 is 2. The van der Waals surface area contributed by atoms with Gasteiger partial charge in [-0.15, -0.1) is 0 Å². The summed E-state index contributed by atoms with van der Waals surface area (Å²) in [5, 5.41) is 0.780. The molecule has 0 radical (unpaired) electrons.